The minimum absolute atomic E-state index is 0.0420. The van der Waals surface area contributed by atoms with Crippen LogP contribution in [-0.4, -0.2) is 29.4 Å². The van der Waals surface area contributed by atoms with Crippen molar-refractivity contribution < 1.29 is 4.79 Å². The molecule has 0 saturated heterocycles. The second-order valence-electron chi connectivity index (χ2n) is 5.16. The van der Waals surface area contributed by atoms with Gasteiger partial charge in [0.1, 0.15) is 0 Å². The molecule has 1 saturated carbocycles. The van der Waals surface area contributed by atoms with Crippen LogP contribution in [0.4, 0.5) is 11.4 Å². The fourth-order valence-electron chi connectivity index (χ4n) is 2.24. The Hall–Kier alpha value is -2.06. The lowest BCUT2D eigenvalue weighted by Crippen LogP contribution is -2.43. The zero-order valence-electron chi connectivity index (χ0n) is 11.7. The molecule has 3 N–H and O–H groups in total. The van der Waals surface area contributed by atoms with Crippen LogP contribution in [-0.2, 0) is 4.79 Å². The van der Waals surface area contributed by atoms with Gasteiger partial charge in [-0.15, -0.1) is 0 Å². The number of nitrogens with one attached hydrogen (secondary N) is 1. The molecule has 1 amide bonds. The fraction of sp³-hybridized carbons (Fsp3) is 0.467. The van der Waals surface area contributed by atoms with Crippen LogP contribution in [0.3, 0.4) is 0 Å². The minimum Gasteiger partial charge on any atom is -0.399 e. The molecular weight excluding hydrogens is 252 g/mol. The summed E-state index contributed by atoms with van der Waals surface area (Å²) < 4.78 is 0. The first kappa shape index (κ1) is 14.4. The van der Waals surface area contributed by atoms with Gasteiger partial charge in [0.25, 0.3) is 0 Å². The molecule has 1 aliphatic rings. The van der Waals surface area contributed by atoms with E-state index in [1.807, 2.05) is 6.92 Å². The molecule has 2 rings (SSSR count). The molecule has 0 spiro atoms. The van der Waals surface area contributed by atoms with Crippen molar-refractivity contribution in [2.75, 3.05) is 17.6 Å². The number of amides is 1. The van der Waals surface area contributed by atoms with Gasteiger partial charge in [-0.25, -0.2) is 0 Å². The van der Waals surface area contributed by atoms with Gasteiger partial charge >= 0.3 is 0 Å². The number of hydrogen-bond acceptors (Lipinski definition) is 4. The maximum Gasteiger partial charge on any atom is 0.241 e. The molecule has 1 aromatic rings. The van der Waals surface area contributed by atoms with Crippen molar-refractivity contribution in [3.05, 3.63) is 24.3 Å². The third-order valence-electron chi connectivity index (χ3n) is 3.55. The number of hydrogen-bond donors (Lipinski definition) is 2. The van der Waals surface area contributed by atoms with Crippen LogP contribution >= 0.6 is 0 Å². The average molecular weight is 272 g/mol. The van der Waals surface area contributed by atoms with Crippen LogP contribution in [0.2, 0.25) is 0 Å². The maximum absolute atomic E-state index is 12.3. The normalized spacial score (nSPS) is 15.7. The van der Waals surface area contributed by atoms with Crippen LogP contribution in [0.1, 0.15) is 26.2 Å². The summed E-state index contributed by atoms with van der Waals surface area (Å²) in [6.07, 6.45) is 2.69. The van der Waals surface area contributed by atoms with Gasteiger partial charge < -0.3 is 11.1 Å². The first-order chi connectivity index (χ1) is 9.61. The summed E-state index contributed by atoms with van der Waals surface area (Å²) in [7, 11) is 0. The second kappa shape index (κ2) is 6.40. The van der Waals surface area contributed by atoms with Crippen molar-refractivity contribution >= 4 is 17.3 Å². The number of anilines is 2. The first-order valence-corrected chi connectivity index (χ1v) is 6.91. The summed E-state index contributed by atoms with van der Waals surface area (Å²) in [4.78, 5) is 14.4. The van der Waals surface area contributed by atoms with Gasteiger partial charge in [0.15, 0.2) is 0 Å². The van der Waals surface area contributed by atoms with Crippen molar-refractivity contribution in [2.24, 2.45) is 0 Å². The SMILES string of the molecule is CC(C(=O)Nc1ccc(N)cc1)N(CCC#N)C1CC1. The Labute approximate surface area is 119 Å². The van der Waals surface area contributed by atoms with Crippen LogP contribution in [0.5, 0.6) is 0 Å². The molecule has 1 aliphatic carbocycles. The summed E-state index contributed by atoms with van der Waals surface area (Å²) in [6, 6.07) is 9.46. The van der Waals surface area contributed by atoms with E-state index in [0.29, 0.717) is 24.7 Å². The topological polar surface area (TPSA) is 82.2 Å². The summed E-state index contributed by atoms with van der Waals surface area (Å²) >= 11 is 0. The average Bonchev–Trinajstić information content (AvgIpc) is 3.26. The Kier molecular flexibility index (Phi) is 4.59. The van der Waals surface area contributed by atoms with E-state index in [9.17, 15) is 4.79 Å². The molecular formula is C15H20N4O. The van der Waals surface area contributed by atoms with Gasteiger partial charge in [0, 0.05) is 30.4 Å². The Morgan fingerprint density at radius 1 is 1.50 bits per heavy atom. The summed E-state index contributed by atoms with van der Waals surface area (Å²) in [5.74, 6) is -0.0420. The molecule has 20 heavy (non-hydrogen) atoms. The number of carbonyl (C=O) groups is 1. The highest BCUT2D eigenvalue weighted by Crippen LogP contribution is 2.29. The van der Waals surface area contributed by atoms with Crippen LogP contribution < -0.4 is 11.1 Å². The van der Waals surface area contributed by atoms with E-state index >= 15 is 0 Å². The standard InChI is InChI=1S/C15H20N4O/c1-11(19(10-2-9-16)14-7-8-14)15(20)18-13-5-3-12(17)4-6-13/h3-6,11,14H,2,7-8,10,17H2,1H3,(H,18,20). The van der Waals surface area contributed by atoms with E-state index in [1.54, 1.807) is 24.3 Å². The van der Waals surface area contributed by atoms with Crippen LogP contribution in [0, 0.1) is 11.3 Å². The molecule has 0 radical (unpaired) electrons. The Morgan fingerprint density at radius 2 is 2.15 bits per heavy atom. The largest absolute Gasteiger partial charge is 0.399 e. The molecule has 0 aromatic heterocycles. The monoisotopic (exact) mass is 272 g/mol. The second-order valence-corrected chi connectivity index (χ2v) is 5.16. The Balaban J connectivity index is 1.96. The third-order valence-corrected chi connectivity index (χ3v) is 3.55. The molecule has 5 nitrogen and oxygen atoms in total. The van der Waals surface area contributed by atoms with Crippen LogP contribution in [0.25, 0.3) is 0 Å². The third kappa shape index (κ3) is 3.72. The summed E-state index contributed by atoms with van der Waals surface area (Å²) in [6.45, 7) is 2.54. The van der Waals surface area contributed by atoms with Crippen molar-refractivity contribution in [1.82, 2.24) is 4.90 Å². The highest BCUT2D eigenvalue weighted by atomic mass is 16.2. The molecule has 5 heteroatoms. The lowest BCUT2D eigenvalue weighted by Gasteiger charge is -2.27. The number of nitrogens with two attached hydrogens (primary N) is 1. The summed E-state index contributed by atoms with van der Waals surface area (Å²) in [5.41, 5.74) is 7.03. The molecule has 1 unspecified atom stereocenters. The predicted molar refractivity (Wildman–Crippen MR) is 78.9 cm³/mol. The van der Waals surface area contributed by atoms with Crippen LogP contribution in [0.15, 0.2) is 24.3 Å². The molecule has 0 heterocycles. The zero-order chi connectivity index (χ0) is 14.5. The lowest BCUT2D eigenvalue weighted by molar-refractivity contribution is -0.121. The Morgan fingerprint density at radius 3 is 2.70 bits per heavy atom. The minimum atomic E-state index is -0.228. The fourth-order valence-corrected chi connectivity index (χ4v) is 2.24. The molecule has 106 valence electrons. The van der Waals surface area contributed by atoms with E-state index in [0.717, 1.165) is 18.5 Å². The number of nitrogens with zero attached hydrogens (tertiary/aromatic N) is 2. The van der Waals surface area contributed by atoms with Gasteiger partial charge in [-0.3, -0.25) is 9.69 Å². The predicted octanol–water partition coefficient (Wildman–Crippen LogP) is 1.97. The van der Waals surface area contributed by atoms with Gasteiger partial charge in [-0.1, -0.05) is 0 Å². The maximum atomic E-state index is 12.3. The molecule has 0 bridgehead atoms. The van der Waals surface area contributed by atoms with Crippen molar-refractivity contribution in [2.45, 2.75) is 38.3 Å². The Bertz CT molecular complexity index is 502. The smallest absolute Gasteiger partial charge is 0.241 e. The number of benzene rings is 1. The van der Waals surface area contributed by atoms with Gasteiger partial charge in [0.2, 0.25) is 5.91 Å². The number of carbonyl (C=O) groups excluding carboxylic acids is 1. The lowest BCUT2D eigenvalue weighted by atomic mass is 10.2. The van der Waals surface area contributed by atoms with Gasteiger partial charge in [0.05, 0.1) is 12.1 Å². The number of nitriles is 1. The van der Waals surface area contributed by atoms with E-state index in [4.69, 9.17) is 11.0 Å². The number of nitrogen functional groups attached to an aromatic ring is 1. The molecule has 0 aliphatic heterocycles. The van der Waals surface area contributed by atoms with Gasteiger partial charge in [-0.2, -0.15) is 5.26 Å². The highest BCUT2D eigenvalue weighted by molar-refractivity contribution is 5.94. The molecule has 1 fully saturated rings. The highest BCUT2D eigenvalue weighted by Gasteiger charge is 2.34. The van der Waals surface area contributed by atoms with Crippen molar-refractivity contribution in [1.29, 1.82) is 5.26 Å². The van der Waals surface area contributed by atoms with Crippen molar-refractivity contribution in [3.63, 3.8) is 0 Å². The first-order valence-electron chi connectivity index (χ1n) is 6.91. The van der Waals surface area contributed by atoms with E-state index < -0.39 is 0 Å². The van der Waals surface area contributed by atoms with Gasteiger partial charge in [-0.05, 0) is 44.0 Å². The molecule has 1 aromatic carbocycles. The number of rotatable bonds is 6. The van der Waals surface area contributed by atoms with E-state index in [-0.39, 0.29) is 11.9 Å². The quantitative estimate of drug-likeness (QED) is 0.776. The van der Waals surface area contributed by atoms with E-state index in [1.165, 1.54) is 0 Å². The zero-order valence-corrected chi connectivity index (χ0v) is 11.7. The summed E-state index contributed by atoms with van der Waals surface area (Å²) in [5, 5.41) is 11.6. The van der Waals surface area contributed by atoms with E-state index in [2.05, 4.69) is 16.3 Å². The van der Waals surface area contributed by atoms with Crippen molar-refractivity contribution in [3.8, 4) is 6.07 Å². The molecule has 1 atom stereocenters.